The standard InChI is InChI=1S/C15H22N2OS/c1-10-12(16)9-14(19-10)15(18)17-8-4-6-11-5-2-3-7-13(11)17/h9,11,13H,2-8,16H2,1H3. The van der Waals surface area contributed by atoms with Crippen molar-refractivity contribution in [3.63, 3.8) is 0 Å². The van der Waals surface area contributed by atoms with Crippen LogP contribution in [0.1, 0.15) is 53.1 Å². The molecule has 2 aliphatic rings. The Hall–Kier alpha value is -1.03. The van der Waals surface area contributed by atoms with Crippen LogP contribution in [0.3, 0.4) is 0 Å². The van der Waals surface area contributed by atoms with E-state index in [4.69, 9.17) is 5.73 Å². The van der Waals surface area contributed by atoms with Crippen LogP contribution in [0, 0.1) is 12.8 Å². The summed E-state index contributed by atoms with van der Waals surface area (Å²) >= 11 is 1.54. The van der Waals surface area contributed by atoms with Gasteiger partial charge in [0.1, 0.15) is 0 Å². The van der Waals surface area contributed by atoms with Crippen molar-refractivity contribution in [3.05, 3.63) is 15.8 Å². The monoisotopic (exact) mass is 278 g/mol. The first-order valence-corrected chi connectivity index (χ1v) is 8.15. The van der Waals surface area contributed by atoms with Gasteiger partial charge in [0.2, 0.25) is 0 Å². The van der Waals surface area contributed by atoms with Crippen molar-refractivity contribution in [2.45, 2.75) is 51.5 Å². The Morgan fingerprint density at radius 1 is 1.32 bits per heavy atom. The summed E-state index contributed by atoms with van der Waals surface area (Å²) in [7, 11) is 0. The van der Waals surface area contributed by atoms with E-state index in [0.717, 1.165) is 34.3 Å². The van der Waals surface area contributed by atoms with E-state index in [0.29, 0.717) is 6.04 Å². The average molecular weight is 278 g/mol. The van der Waals surface area contributed by atoms with Crippen LogP contribution in [-0.2, 0) is 0 Å². The van der Waals surface area contributed by atoms with E-state index in [1.807, 2.05) is 13.0 Å². The largest absolute Gasteiger partial charge is 0.398 e. The van der Waals surface area contributed by atoms with E-state index in [-0.39, 0.29) is 5.91 Å². The fourth-order valence-corrected chi connectivity index (χ4v) is 4.52. The number of carbonyl (C=O) groups is 1. The highest BCUT2D eigenvalue weighted by molar-refractivity contribution is 7.14. The molecule has 1 aliphatic carbocycles. The summed E-state index contributed by atoms with van der Waals surface area (Å²) < 4.78 is 0. The third-order valence-electron chi connectivity index (χ3n) is 4.67. The number of piperidine rings is 1. The van der Waals surface area contributed by atoms with Crippen molar-refractivity contribution < 1.29 is 4.79 Å². The lowest BCUT2D eigenvalue weighted by molar-refractivity contribution is 0.0395. The third-order valence-corrected chi connectivity index (χ3v) is 5.73. The number of carbonyl (C=O) groups excluding carboxylic acids is 1. The zero-order valence-electron chi connectivity index (χ0n) is 11.5. The number of anilines is 1. The Kier molecular flexibility index (Phi) is 3.52. The van der Waals surface area contributed by atoms with Gasteiger partial charge < -0.3 is 10.6 Å². The zero-order valence-corrected chi connectivity index (χ0v) is 12.3. The van der Waals surface area contributed by atoms with Crippen molar-refractivity contribution in [2.24, 2.45) is 5.92 Å². The molecular formula is C15H22N2OS. The quantitative estimate of drug-likeness (QED) is 0.855. The fourth-order valence-electron chi connectivity index (χ4n) is 3.62. The molecule has 3 rings (SSSR count). The molecule has 4 heteroatoms. The summed E-state index contributed by atoms with van der Waals surface area (Å²) in [6.45, 7) is 2.91. The number of rotatable bonds is 1. The molecule has 3 nitrogen and oxygen atoms in total. The SMILES string of the molecule is Cc1sc(C(=O)N2CCCC3CCCCC32)cc1N. The molecule has 1 saturated heterocycles. The van der Waals surface area contributed by atoms with Gasteiger partial charge >= 0.3 is 0 Å². The highest BCUT2D eigenvalue weighted by atomic mass is 32.1. The second-order valence-electron chi connectivity index (χ2n) is 5.87. The number of aryl methyl sites for hydroxylation is 1. The summed E-state index contributed by atoms with van der Waals surface area (Å²) in [6, 6.07) is 2.34. The number of likely N-dealkylation sites (tertiary alicyclic amines) is 1. The van der Waals surface area contributed by atoms with Gasteiger partial charge in [-0.1, -0.05) is 12.8 Å². The number of thiophene rings is 1. The summed E-state index contributed by atoms with van der Waals surface area (Å²) in [6.07, 6.45) is 7.58. The van der Waals surface area contributed by atoms with Crippen LogP contribution in [0.2, 0.25) is 0 Å². The second kappa shape index (κ2) is 5.16. The van der Waals surface area contributed by atoms with Gasteiger partial charge in [0.05, 0.1) is 4.88 Å². The molecule has 2 N–H and O–H groups in total. The molecule has 0 bridgehead atoms. The summed E-state index contributed by atoms with van der Waals surface area (Å²) in [5.41, 5.74) is 6.63. The number of fused-ring (bicyclic) bond motifs is 1. The van der Waals surface area contributed by atoms with Crippen molar-refractivity contribution in [3.8, 4) is 0 Å². The first-order valence-electron chi connectivity index (χ1n) is 7.33. The van der Waals surface area contributed by atoms with Gasteiger partial charge in [-0.15, -0.1) is 11.3 Å². The first-order chi connectivity index (χ1) is 9.16. The third kappa shape index (κ3) is 2.38. The molecule has 1 saturated carbocycles. The molecule has 104 valence electrons. The zero-order chi connectivity index (χ0) is 13.4. The van der Waals surface area contributed by atoms with Gasteiger partial charge in [-0.05, 0) is 44.6 Å². The lowest BCUT2D eigenvalue weighted by Gasteiger charge is -2.44. The molecule has 0 aromatic carbocycles. The lowest BCUT2D eigenvalue weighted by atomic mass is 9.78. The van der Waals surface area contributed by atoms with E-state index in [1.165, 1.54) is 43.4 Å². The van der Waals surface area contributed by atoms with E-state index in [9.17, 15) is 4.79 Å². The van der Waals surface area contributed by atoms with Crippen LogP contribution in [-0.4, -0.2) is 23.4 Å². The lowest BCUT2D eigenvalue weighted by Crippen LogP contribution is -2.49. The van der Waals surface area contributed by atoms with Crippen molar-refractivity contribution in [1.29, 1.82) is 0 Å². The Bertz CT molecular complexity index is 461. The normalized spacial score (nSPS) is 27.1. The van der Waals surface area contributed by atoms with Crippen molar-refractivity contribution in [1.82, 2.24) is 4.90 Å². The maximum atomic E-state index is 12.7. The van der Waals surface area contributed by atoms with Crippen LogP contribution in [0.15, 0.2) is 6.07 Å². The minimum Gasteiger partial charge on any atom is -0.398 e. The number of hydrogen-bond donors (Lipinski definition) is 1. The molecule has 19 heavy (non-hydrogen) atoms. The molecule has 1 aromatic heterocycles. The molecule has 2 unspecified atom stereocenters. The number of nitrogens with two attached hydrogens (primary N) is 1. The van der Waals surface area contributed by atoms with Gasteiger partial charge in [0.15, 0.2) is 0 Å². The molecule has 2 atom stereocenters. The van der Waals surface area contributed by atoms with Gasteiger partial charge in [-0.2, -0.15) is 0 Å². The summed E-state index contributed by atoms with van der Waals surface area (Å²) in [5, 5.41) is 0. The minimum atomic E-state index is 0.210. The number of nitrogen functional groups attached to an aromatic ring is 1. The van der Waals surface area contributed by atoms with Crippen LogP contribution in [0.25, 0.3) is 0 Å². The van der Waals surface area contributed by atoms with Crippen LogP contribution >= 0.6 is 11.3 Å². The van der Waals surface area contributed by atoms with E-state index in [1.54, 1.807) is 0 Å². The molecule has 1 amide bonds. The molecule has 0 radical (unpaired) electrons. The number of nitrogens with zero attached hydrogens (tertiary/aromatic N) is 1. The average Bonchev–Trinajstić information content (AvgIpc) is 2.77. The van der Waals surface area contributed by atoms with Crippen LogP contribution < -0.4 is 5.73 Å². The Morgan fingerprint density at radius 3 is 2.79 bits per heavy atom. The molecule has 1 aromatic rings. The maximum absolute atomic E-state index is 12.7. The van der Waals surface area contributed by atoms with Crippen LogP contribution in [0.4, 0.5) is 5.69 Å². The predicted octanol–water partition coefficient (Wildman–Crippen LogP) is 3.43. The summed E-state index contributed by atoms with van der Waals surface area (Å²) in [5.74, 6) is 0.950. The van der Waals surface area contributed by atoms with Gasteiger partial charge in [-0.25, -0.2) is 0 Å². The maximum Gasteiger partial charge on any atom is 0.264 e. The molecule has 2 heterocycles. The van der Waals surface area contributed by atoms with Crippen LogP contribution in [0.5, 0.6) is 0 Å². The highest BCUT2D eigenvalue weighted by Crippen LogP contribution is 2.36. The Morgan fingerprint density at radius 2 is 2.05 bits per heavy atom. The topological polar surface area (TPSA) is 46.3 Å². The smallest absolute Gasteiger partial charge is 0.264 e. The molecular weight excluding hydrogens is 256 g/mol. The molecule has 2 fully saturated rings. The van der Waals surface area contributed by atoms with Gasteiger partial charge in [0, 0.05) is 23.2 Å². The second-order valence-corrected chi connectivity index (χ2v) is 7.13. The first kappa shape index (κ1) is 13.0. The fraction of sp³-hybridized carbons (Fsp3) is 0.667. The van der Waals surface area contributed by atoms with E-state index < -0.39 is 0 Å². The van der Waals surface area contributed by atoms with E-state index in [2.05, 4.69) is 4.90 Å². The molecule has 0 spiro atoms. The predicted molar refractivity (Wildman–Crippen MR) is 79.5 cm³/mol. The van der Waals surface area contributed by atoms with Gasteiger partial charge in [0.25, 0.3) is 5.91 Å². The van der Waals surface area contributed by atoms with Crippen molar-refractivity contribution in [2.75, 3.05) is 12.3 Å². The Balaban J connectivity index is 1.81. The van der Waals surface area contributed by atoms with E-state index >= 15 is 0 Å². The minimum absolute atomic E-state index is 0.210. The molecule has 1 aliphatic heterocycles. The Labute approximate surface area is 118 Å². The summed E-state index contributed by atoms with van der Waals surface area (Å²) in [4.78, 5) is 16.7. The number of amides is 1. The van der Waals surface area contributed by atoms with Gasteiger partial charge in [-0.3, -0.25) is 4.79 Å². The highest BCUT2D eigenvalue weighted by Gasteiger charge is 2.36. The number of hydrogen-bond acceptors (Lipinski definition) is 3. The van der Waals surface area contributed by atoms with Crippen molar-refractivity contribution >= 4 is 22.9 Å².